The van der Waals surface area contributed by atoms with Crippen molar-refractivity contribution in [3.63, 3.8) is 0 Å². The third kappa shape index (κ3) is 3.01. The van der Waals surface area contributed by atoms with Gasteiger partial charge in [0.25, 0.3) is 0 Å². The summed E-state index contributed by atoms with van der Waals surface area (Å²) < 4.78 is 4.96. The maximum atomic E-state index is 11.2. The number of hydrogen-bond acceptors (Lipinski definition) is 4. The van der Waals surface area contributed by atoms with Crippen LogP contribution in [0.3, 0.4) is 0 Å². The van der Waals surface area contributed by atoms with Crippen molar-refractivity contribution in [1.82, 2.24) is 4.98 Å². The summed E-state index contributed by atoms with van der Waals surface area (Å²) in [7, 11) is 1.54. The number of carboxylic acid groups (broad SMARTS) is 1. The number of aromatic nitrogens is 1. The van der Waals surface area contributed by atoms with Crippen LogP contribution in [0.5, 0.6) is 5.88 Å². The number of carboxylic acids is 1. The lowest BCUT2D eigenvalue weighted by Gasteiger charge is -2.10. The predicted octanol–water partition coefficient (Wildman–Crippen LogP) is 2.84. The summed E-state index contributed by atoms with van der Waals surface area (Å²) >= 11 is 0. The zero-order valence-corrected chi connectivity index (χ0v) is 10.7. The monoisotopic (exact) mass is 258 g/mol. The number of carbonyl (C=O) groups is 1. The van der Waals surface area contributed by atoms with Crippen LogP contribution in [0.2, 0.25) is 0 Å². The van der Waals surface area contributed by atoms with Crippen LogP contribution in [0.15, 0.2) is 36.5 Å². The lowest BCUT2D eigenvalue weighted by atomic mass is 10.1. The summed E-state index contributed by atoms with van der Waals surface area (Å²) in [5.74, 6) is -0.458. The number of ether oxygens (including phenoxy) is 1. The first kappa shape index (κ1) is 12.9. The Morgan fingerprint density at radius 1 is 1.32 bits per heavy atom. The molecule has 0 atom stereocenters. The van der Waals surface area contributed by atoms with Crippen molar-refractivity contribution in [1.29, 1.82) is 0 Å². The molecule has 1 aromatic carbocycles. The smallest absolute Gasteiger partial charge is 0.337 e. The van der Waals surface area contributed by atoms with Crippen molar-refractivity contribution < 1.29 is 14.6 Å². The lowest BCUT2D eigenvalue weighted by molar-refractivity contribution is 0.0698. The van der Waals surface area contributed by atoms with Crippen molar-refractivity contribution in [3.05, 3.63) is 47.7 Å². The second-order valence-electron chi connectivity index (χ2n) is 4.07. The van der Waals surface area contributed by atoms with E-state index in [0.29, 0.717) is 17.3 Å². The summed E-state index contributed by atoms with van der Waals surface area (Å²) in [6, 6.07) is 8.70. The maximum Gasteiger partial charge on any atom is 0.337 e. The van der Waals surface area contributed by atoms with E-state index >= 15 is 0 Å². The molecule has 0 spiro atoms. The molecule has 98 valence electrons. The second-order valence-corrected chi connectivity index (χ2v) is 4.07. The number of pyridine rings is 1. The second kappa shape index (κ2) is 5.39. The van der Waals surface area contributed by atoms with Gasteiger partial charge in [0.1, 0.15) is 0 Å². The molecule has 0 bridgehead atoms. The van der Waals surface area contributed by atoms with E-state index in [1.165, 1.54) is 7.11 Å². The van der Waals surface area contributed by atoms with Crippen LogP contribution >= 0.6 is 0 Å². The Morgan fingerprint density at radius 2 is 2.11 bits per heavy atom. The number of hydrogen-bond donors (Lipinski definition) is 2. The van der Waals surface area contributed by atoms with Crippen molar-refractivity contribution >= 4 is 17.3 Å². The van der Waals surface area contributed by atoms with E-state index in [1.54, 1.807) is 30.5 Å². The molecule has 0 amide bonds. The third-order valence-corrected chi connectivity index (χ3v) is 2.63. The molecule has 0 aliphatic carbocycles. The summed E-state index contributed by atoms with van der Waals surface area (Å²) in [5, 5.41) is 12.2. The van der Waals surface area contributed by atoms with E-state index in [1.807, 2.05) is 13.0 Å². The summed E-state index contributed by atoms with van der Waals surface area (Å²) in [6.07, 6.45) is 1.59. The molecule has 0 unspecified atom stereocenters. The Bertz CT molecular complexity index is 594. The first-order chi connectivity index (χ1) is 9.10. The fourth-order valence-electron chi connectivity index (χ4n) is 1.67. The number of nitrogens with one attached hydrogen (secondary N) is 1. The summed E-state index contributed by atoms with van der Waals surface area (Å²) in [4.78, 5) is 15.2. The van der Waals surface area contributed by atoms with E-state index in [-0.39, 0.29) is 5.56 Å². The van der Waals surface area contributed by atoms with Crippen LogP contribution in [0, 0.1) is 6.92 Å². The molecule has 1 heterocycles. The van der Waals surface area contributed by atoms with Crippen LogP contribution in [0.4, 0.5) is 11.4 Å². The fourth-order valence-corrected chi connectivity index (χ4v) is 1.67. The quantitative estimate of drug-likeness (QED) is 0.882. The Balaban J connectivity index is 2.29. The largest absolute Gasteiger partial charge is 0.481 e. The molecule has 5 heteroatoms. The topological polar surface area (TPSA) is 71.5 Å². The van der Waals surface area contributed by atoms with E-state index in [4.69, 9.17) is 4.74 Å². The van der Waals surface area contributed by atoms with Gasteiger partial charge in [-0.05, 0) is 25.1 Å². The molecule has 0 aliphatic rings. The van der Waals surface area contributed by atoms with E-state index < -0.39 is 5.97 Å². The zero-order valence-electron chi connectivity index (χ0n) is 10.7. The number of benzene rings is 1. The van der Waals surface area contributed by atoms with Gasteiger partial charge in [-0.2, -0.15) is 0 Å². The van der Waals surface area contributed by atoms with E-state index in [0.717, 1.165) is 5.56 Å². The van der Waals surface area contributed by atoms with Gasteiger partial charge in [0.2, 0.25) is 5.88 Å². The number of aromatic carboxylic acids is 1. The lowest BCUT2D eigenvalue weighted by Crippen LogP contribution is -2.03. The Morgan fingerprint density at radius 3 is 2.68 bits per heavy atom. The summed E-state index contributed by atoms with van der Waals surface area (Å²) in [6.45, 7) is 1.85. The number of aryl methyl sites for hydroxylation is 1. The molecular formula is C14H14N2O3. The molecule has 0 aliphatic heterocycles. The molecule has 19 heavy (non-hydrogen) atoms. The van der Waals surface area contributed by atoms with Crippen LogP contribution in [-0.2, 0) is 0 Å². The van der Waals surface area contributed by atoms with Gasteiger partial charge in [-0.1, -0.05) is 11.6 Å². The van der Waals surface area contributed by atoms with Crippen molar-refractivity contribution in [2.24, 2.45) is 0 Å². The number of rotatable bonds is 4. The first-order valence-electron chi connectivity index (χ1n) is 5.71. The molecule has 0 saturated heterocycles. The van der Waals surface area contributed by atoms with Gasteiger partial charge in [0, 0.05) is 6.07 Å². The molecule has 2 N–H and O–H groups in total. The van der Waals surface area contributed by atoms with Crippen molar-refractivity contribution in [2.45, 2.75) is 6.92 Å². The average molecular weight is 258 g/mol. The van der Waals surface area contributed by atoms with Crippen LogP contribution < -0.4 is 10.1 Å². The maximum absolute atomic E-state index is 11.2. The van der Waals surface area contributed by atoms with Crippen LogP contribution in [0.25, 0.3) is 0 Å². The minimum absolute atomic E-state index is 0.232. The van der Waals surface area contributed by atoms with Gasteiger partial charge in [-0.25, -0.2) is 9.78 Å². The van der Waals surface area contributed by atoms with Crippen molar-refractivity contribution in [2.75, 3.05) is 12.4 Å². The van der Waals surface area contributed by atoms with E-state index in [9.17, 15) is 9.90 Å². The molecule has 2 aromatic rings. The minimum atomic E-state index is -0.965. The molecular weight excluding hydrogens is 244 g/mol. The summed E-state index contributed by atoms with van der Waals surface area (Å²) in [5.41, 5.74) is 2.36. The number of methoxy groups -OCH3 is 1. The highest BCUT2D eigenvalue weighted by atomic mass is 16.5. The van der Waals surface area contributed by atoms with Crippen LogP contribution in [0.1, 0.15) is 15.9 Å². The SMILES string of the molecule is COc1ccc(Nc2ccc(C)cc2C(=O)O)cn1. The molecule has 2 rings (SSSR count). The molecule has 0 fully saturated rings. The number of nitrogens with zero attached hydrogens (tertiary/aromatic N) is 1. The highest BCUT2D eigenvalue weighted by Crippen LogP contribution is 2.22. The average Bonchev–Trinajstić information content (AvgIpc) is 2.41. The molecule has 1 aromatic heterocycles. The highest BCUT2D eigenvalue weighted by molar-refractivity contribution is 5.95. The van der Waals surface area contributed by atoms with Crippen LogP contribution in [-0.4, -0.2) is 23.2 Å². The van der Waals surface area contributed by atoms with Gasteiger partial charge in [0.15, 0.2) is 0 Å². The van der Waals surface area contributed by atoms with Gasteiger partial charge < -0.3 is 15.2 Å². The van der Waals surface area contributed by atoms with Crippen molar-refractivity contribution in [3.8, 4) is 5.88 Å². The van der Waals surface area contributed by atoms with Gasteiger partial charge in [-0.3, -0.25) is 0 Å². The normalized spacial score (nSPS) is 10.0. The fraction of sp³-hybridized carbons (Fsp3) is 0.143. The Kier molecular flexibility index (Phi) is 3.66. The van der Waals surface area contributed by atoms with Gasteiger partial charge >= 0.3 is 5.97 Å². The Hall–Kier alpha value is -2.56. The van der Waals surface area contributed by atoms with Gasteiger partial charge in [-0.15, -0.1) is 0 Å². The molecule has 5 nitrogen and oxygen atoms in total. The highest BCUT2D eigenvalue weighted by Gasteiger charge is 2.10. The van der Waals surface area contributed by atoms with E-state index in [2.05, 4.69) is 10.3 Å². The van der Waals surface area contributed by atoms with Gasteiger partial charge in [0.05, 0.1) is 30.2 Å². The standard InChI is InChI=1S/C14H14N2O3/c1-9-3-5-12(11(7-9)14(17)18)16-10-4-6-13(19-2)15-8-10/h3-8,16H,1-2H3,(H,17,18). The first-order valence-corrected chi connectivity index (χ1v) is 5.71. The molecule has 0 radical (unpaired) electrons. The zero-order chi connectivity index (χ0) is 13.8. The predicted molar refractivity (Wildman–Crippen MR) is 72.2 cm³/mol. The number of anilines is 2. The minimum Gasteiger partial charge on any atom is -0.481 e. The molecule has 0 saturated carbocycles. The Labute approximate surface area is 110 Å². The third-order valence-electron chi connectivity index (χ3n) is 2.63.